The second-order valence-corrected chi connectivity index (χ2v) is 24.2. The summed E-state index contributed by atoms with van der Waals surface area (Å²) in [4.78, 5) is 12.2. The molecule has 1 saturated heterocycles. The Morgan fingerprint density at radius 3 is 2.08 bits per heavy atom. The van der Waals surface area contributed by atoms with Crippen molar-refractivity contribution in [3.63, 3.8) is 0 Å². The lowest BCUT2D eigenvalue weighted by Gasteiger charge is -2.41. The van der Waals surface area contributed by atoms with Gasteiger partial charge in [0.25, 0.3) is 0 Å². The minimum atomic E-state index is -6.05. The number of alkyl halides is 3. The van der Waals surface area contributed by atoms with Crippen LogP contribution in [0.4, 0.5) is 19.0 Å². The summed E-state index contributed by atoms with van der Waals surface area (Å²) >= 11 is 0. The topological polar surface area (TPSA) is 141 Å². The maximum atomic E-state index is 13.6. The van der Waals surface area contributed by atoms with Crippen LogP contribution in [-0.2, 0) is 27.9 Å². The Hall–Kier alpha value is -1.64. The largest absolute Gasteiger partial charge is 0.523 e. The number of rotatable bonds is 8. The van der Waals surface area contributed by atoms with E-state index in [1.807, 2.05) is 67.7 Å². The van der Waals surface area contributed by atoms with E-state index in [0.29, 0.717) is 0 Å². The molecule has 17 heteroatoms. The predicted molar refractivity (Wildman–Crippen MR) is 149 cm³/mol. The maximum Gasteiger partial charge on any atom is 0.523 e. The van der Waals surface area contributed by atoms with E-state index in [9.17, 15) is 21.6 Å². The number of aromatic nitrogens is 4. The zero-order chi connectivity index (χ0) is 30.7. The molecule has 228 valence electrons. The van der Waals surface area contributed by atoms with E-state index in [1.165, 1.54) is 10.9 Å². The molecule has 40 heavy (non-hydrogen) atoms. The first-order valence-electron chi connectivity index (χ1n) is 12.8. The van der Waals surface area contributed by atoms with Crippen LogP contribution in [0.5, 0.6) is 0 Å². The van der Waals surface area contributed by atoms with Gasteiger partial charge in [-0.15, -0.1) is 0 Å². The molecule has 3 heterocycles. The number of halogens is 3. The van der Waals surface area contributed by atoms with Crippen LogP contribution in [0.1, 0.15) is 47.8 Å². The predicted octanol–water partition coefficient (Wildman–Crippen LogP) is 4.95. The van der Waals surface area contributed by atoms with E-state index in [0.717, 1.165) is 6.33 Å². The van der Waals surface area contributed by atoms with Crippen molar-refractivity contribution in [3.05, 3.63) is 12.7 Å². The van der Waals surface area contributed by atoms with Crippen LogP contribution in [0.3, 0.4) is 0 Å². The molecule has 1 aliphatic rings. The van der Waals surface area contributed by atoms with Crippen LogP contribution in [0.15, 0.2) is 12.7 Å². The molecular formula is C23H40F3N5O6SSi2. The van der Waals surface area contributed by atoms with E-state index in [2.05, 4.69) is 15.0 Å². The lowest BCUT2D eigenvalue weighted by molar-refractivity contribution is -0.0695. The highest BCUT2D eigenvalue weighted by molar-refractivity contribution is 7.87. The summed E-state index contributed by atoms with van der Waals surface area (Å²) in [6.45, 7) is 19.8. The van der Waals surface area contributed by atoms with Gasteiger partial charge in [0.15, 0.2) is 34.3 Å². The fourth-order valence-corrected chi connectivity index (χ4v) is 6.53. The molecule has 0 bridgehead atoms. The van der Waals surface area contributed by atoms with Crippen LogP contribution >= 0.6 is 0 Å². The quantitative estimate of drug-likeness (QED) is 0.243. The average Bonchev–Trinajstić information content (AvgIpc) is 3.32. The highest BCUT2D eigenvalue weighted by Gasteiger charge is 2.57. The van der Waals surface area contributed by atoms with Crippen LogP contribution in [0, 0.1) is 0 Å². The Kier molecular flexibility index (Phi) is 8.69. The number of hydrogen-bond donors (Lipinski definition) is 1. The van der Waals surface area contributed by atoms with Crippen LogP contribution in [0.2, 0.25) is 36.3 Å². The lowest BCUT2D eigenvalue weighted by atomic mass is 10.1. The molecule has 3 rings (SSSR count). The van der Waals surface area contributed by atoms with Gasteiger partial charge in [-0.2, -0.15) is 21.6 Å². The Morgan fingerprint density at radius 2 is 1.55 bits per heavy atom. The molecule has 2 aromatic heterocycles. The van der Waals surface area contributed by atoms with Crippen molar-refractivity contribution in [3.8, 4) is 0 Å². The van der Waals surface area contributed by atoms with Gasteiger partial charge in [-0.1, -0.05) is 41.5 Å². The van der Waals surface area contributed by atoms with Gasteiger partial charge in [0.2, 0.25) is 0 Å². The summed E-state index contributed by atoms with van der Waals surface area (Å²) < 4.78 is 90.9. The molecule has 0 aromatic carbocycles. The maximum absolute atomic E-state index is 13.6. The van der Waals surface area contributed by atoms with E-state index in [1.54, 1.807) is 0 Å². The van der Waals surface area contributed by atoms with Gasteiger partial charge in [0.05, 0.1) is 12.9 Å². The number of ether oxygens (including phenoxy) is 1. The van der Waals surface area contributed by atoms with Crippen LogP contribution < -0.4 is 5.73 Å². The smallest absolute Gasteiger partial charge is 0.414 e. The lowest BCUT2D eigenvalue weighted by Crippen LogP contribution is -2.52. The van der Waals surface area contributed by atoms with Gasteiger partial charge in [0.1, 0.15) is 30.2 Å². The van der Waals surface area contributed by atoms with E-state index in [4.69, 9.17) is 23.5 Å². The molecule has 1 aliphatic heterocycles. The number of nitrogen functional groups attached to an aromatic ring is 1. The van der Waals surface area contributed by atoms with E-state index < -0.39 is 56.8 Å². The van der Waals surface area contributed by atoms with Crippen molar-refractivity contribution in [2.24, 2.45) is 0 Å². The fraction of sp³-hybridized carbons (Fsp3) is 0.783. The van der Waals surface area contributed by atoms with E-state index in [-0.39, 0.29) is 33.7 Å². The summed E-state index contributed by atoms with van der Waals surface area (Å²) in [6.07, 6.45) is -2.96. The standard InChI is InChI=1S/C23H40F3N5O6SSi2/c1-21(2,3)39(7,8)34-11-14-16(37-40(9,10)22(4,5)6)17(36-38(32,33)23(24,25)26)20(35-14)31-13-30-15-18(27)28-12-29-19(15)31/h12-14,16-17,20H,11H2,1-10H3,(H2,27,28,29)/t14-,16-,17-,20-/m1/s1. The minimum Gasteiger partial charge on any atom is -0.414 e. The summed E-state index contributed by atoms with van der Waals surface area (Å²) in [5.41, 5.74) is 0.542. The molecule has 4 atom stereocenters. The number of nitrogens with two attached hydrogens (primary N) is 1. The number of fused-ring (bicyclic) bond motifs is 1. The second kappa shape index (κ2) is 10.6. The van der Waals surface area contributed by atoms with Crippen molar-refractivity contribution in [2.75, 3.05) is 12.3 Å². The van der Waals surface area contributed by atoms with Crippen LogP contribution in [-0.4, -0.2) is 75.0 Å². The molecular weight excluding hydrogens is 588 g/mol. The monoisotopic (exact) mass is 627 g/mol. The molecule has 2 N–H and O–H groups in total. The Balaban J connectivity index is 2.16. The molecule has 0 spiro atoms. The molecule has 11 nitrogen and oxygen atoms in total. The Bertz CT molecular complexity index is 1320. The van der Waals surface area contributed by atoms with Gasteiger partial charge in [-0.3, -0.25) is 8.75 Å². The second-order valence-electron chi connectivity index (χ2n) is 13.0. The number of anilines is 1. The molecule has 0 radical (unpaired) electrons. The van der Waals surface area contributed by atoms with Crippen molar-refractivity contribution < 1.29 is 39.4 Å². The molecule has 0 amide bonds. The van der Waals surface area contributed by atoms with Crippen molar-refractivity contribution >= 4 is 43.7 Å². The minimum absolute atomic E-state index is 0.0361. The van der Waals surface area contributed by atoms with Gasteiger partial charge < -0.3 is 19.3 Å². The normalized spacial score (nSPS) is 23.7. The molecule has 0 aliphatic carbocycles. The first kappa shape index (κ1) is 32.9. The Morgan fingerprint density at radius 1 is 0.975 bits per heavy atom. The zero-order valence-corrected chi connectivity index (χ0v) is 27.3. The van der Waals surface area contributed by atoms with Gasteiger partial charge in [0, 0.05) is 0 Å². The number of imidazole rings is 1. The van der Waals surface area contributed by atoms with Gasteiger partial charge in [-0.25, -0.2) is 15.0 Å². The van der Waals surface area contributed by atoms with Gasteiger partial charge >= 0.3 is 15.6 Å². The van der Waals surface area contributed by atoms with Crippen molar-refractivity contribution in [1.29, 1.82) is 0 Å². The number of hydrogen-bond acceptors (Lipinski definition) is 10. The van der Waals surface area contributed by atoms with Crippen molar-refractivity contribution in [1.82, 2.24) is 19.5 Å². The molecule has 2 aromatic rings. The van der Waals surface area contributed by atoms with Crippen LogP contribution in [0.25, 0.3) is 11.2 Å². The first-order valence-corrected chi connectivity index (χ1v) is 20.0. The highest BCUT2D eigenvalue weighted by atomic mass is 32.2. The fourth-order valence-electron chi connectivity index (χ4n) is 3.59. The summed E-state index contributed by atoms with van der Waals surface area (Å²) in [7, 11) is -11.1. The van der Waals surface area contributed by atoms with E-state index >= 15 is 0 Å². The van der Waals surface area contributed by atoms with Crippen molar-refractivity contribution in [2.45, 2.75) is 108 Å². The molecule has 0 saturated carbocycles. The third kappa shape index (κ3) is 6.39. The Labute approximate surface area is 235 Å². The third-order valence-corrected chi connectivity index (χ3v) is 18.1. The highest BCUT2D eigenvalue weighted by Crippen LogP contribution is 2.45. The number of nitrogens with zero attached hydrogens (tertiary/aromatic N) is 4. The SMILES string of the molecule is CC(C)(C)[Si](C)(C)OC[C@H]1O[C@@H](n2cnc3c(N)ncnc32)[C@H](OS(=O)(=O)C(F)(F)F)[C@@H]1O[Si](C)(C)C(C)(C)C. The average molecular weight is 628 g/mol. The first-order chi connectivity index (χ1) is 17.9. The van der Waals surface area contributed by atoms with Gasteiger partial charge in [-0.05, 0) is 36.3 Å². The zero-order valence-electron chi connectivity index (χ0n) is 24.5. The molecule has 1 fully saturated rings. The molecule has 0 unspecified atom stereocenters. The summed E-state index contributed by atoms with van der Waals surface area (Å²) in [5.74, 6) is 0.0361. The summed E-state index contributed by atoms with van der Waals surface area (Å²) in [5, 5.41) is -0.544. The third-order valence-electron chi connectivity index (χ3n) is 8.12. The summed E-state index contributed by atoms with van der Waals surface area (Å²) in [6, 6.07) is 0.